The van der Waals surface area contributed by atoms with Crippen molar-refractivity contribution in [1.29, 1.82) is 0 Å². The van der Waals surface area contributed by atoms with E-state index in [0.717, 1.165) is 22.4 Å². The summed E-state index contributed by atoms with van der Waals surface area (Å²) >= 11 is 0. The number of hydrogen-bond acceptors (Lipinski definition) is 7. The number of carbonyl (C=O) groups is 3. The first-order chi connectivity index (χ1) is 17.3. The fourth-order valence-electron chi connectivity index (χ4n) is 3.68. The largest absolute Gasteiger partial charge is 0.463 e. The molecule has 9 heteroatoms. The number of aryl methyl sites for hydroxylation is 2. The molecule has 2 amide bonds. The number of amides is 2. The monoisotopic (exact) mass is 513 g/mol. The first kappa shape index (κ1) is 29.6. The van der Waals surface area contributed by atoms with Crippen molar-refractivity contribution in [3.63, 3.8) is 0 Å². The zero-order valence-corrected chi connectivity index (χ0v) is 23.1. The summed E-state index contributed by atoms with van der Waals surface area (Å²) in [6, 6.07) is 7.85. The molecule has 0 aliphatic heterocycles. The lowest BCUT2D eigenvalue weighted by Crippen LogP contribution is -2.32. The fraction of sp³-hybridized carbons (Fsp3) is 0.500. The van der Waals surface area contributed by atoms with Crippen LogP contribution in [0, 0.1) is 19.8 Å². The van der Waals surface area contributed by atoms with Gasteiger partial charge in [0, 0.05) is 23.4 Å². The number of carbonyl (C=O) groups excluding carboxylic acids is 3. The maximum absolute atomic E-state index is 12.6. The third-order valence-corrected chi connectivity index (χ3v) is 5.17. The van der Waals surface area contributed by atoms with E-state index in [1.54, 1.807) is 34.6 Å². The average Bonchev–Trinajstić information content (AvgIpc) is 2.78. The van der Waals surface area contributed by atoms with Crippen LogP contribution in [0.5, 0.6) is 0 Å². The summed E-state index contributed by atoms with van der Waals surface area (Å²) in [7, 11) is 0. The Morgan fingerprint density at radius 2 is 1.65 bits per heavy atom. The Hall–Kier alpha value is -3.62. The maximum atomic E-state index is 12.6. The molecule has 2 N–H and O–H groups in total. The number of rotatable bonds is 9. The Kier molecular flexibility index (Phi) is 10.5. The van der Waals surface area contributed by atoms with Gasteiger partial charge in [0.1, 0.15) is 5.60 Å². The van der Waals surface area contributed by atoms with E-state index in [1.165, 1.54) is 0 Å². The van der Waals surface area contributed by atoms with Gasteiger partial charge in [0.15, 0.2) is 6.61 Å². The average molecular weight is 514 g/mol. The molecule has 0 unspecified atom stereocenters. The molecule has 0 fully saturated rings. The number of benzene rings is 1. The molecule has 2 aromatic rings. The van der Waals surface area contributed by atoms with E-state index in [-0.39, 0.29) is 13.2 Å². The molecular weight excluding hydrogens is 474 g/mol. The van der Waals surface area contributed by atoms with Crippen molar-refractivity contribution < 1.29 is 28.6 Å². The molecule has 2 rings (SSSR count). The second kappa shape index (κ2) is 13.1. The topological polar surface area (TPSA) is 116 Å². The summed E-state index contributed by atoms with van der Waals surface area (Å²) in [6.07, 6.45) is -0.700. The van der Waals surface area contributed by atoms with Gasteiger partial charge in [-0.2, -0.15) is 0 Å². The zero-order valence-electron chi connectivity index (χ0n) is 23.1. The Morgan fingerprint density at radius 1 is 1.00 bits per heavy atom. The minimum Gasteiger partial charge on any atom is -0.463 e. The Morgan fingerprint density at radius 3 is 2.22 bits per heavy atom. The van der Waals surface area contributed by atoms with Crippen LogP contribution in [-0.2, 0) is 32.0 Å². The van der Waals surface area contributed by atoms with E-state index in [1.807, 2.05) is 31.2 Å². The maximum Gasteiger partial charge on any atom is 0.412 e. The quantitative estimate of drug-likeness (QED) is 0.326. The predicted molar refractivity (Wildman–Crippen MR) is 142 cm³/mol. The van der Waals surface area contributed by atoms with Crippen LogP contribution < -0.4 is 10.6 Å². The lowest BCUT2D eigenvalue weighted by atomic mass is 9.92. The van der Waals surface area contributed by atoms with Gasteiger partial charge in [-0.1, -0.05) is 43.7 Å². The number of hydrogen-bond donors (Lipinski definition) is 2. The third-order valence-electron chi connectivity index (χ3n) is 5.17. The fourth-order valence-corrected chi connectivity index (χ4v) is 3.68. The van der Waals surface area contributed by atoms with Crippen molar-refractivity contribution in [3.05, 3.63) is 46.8 Å². The molecule has 37 heavy (non-hydrogen) atoms. The molecule has 9 nitrogen and oxygen atoms in total. The molecule has 0 radical (unpaired) electrons. The number of alkyl carbamates (subject to hydrolysis) is 1. The van der Waals surface area contributed by atoms with Crippen LogP contribution in [0.4, 0.5) is 15.3 Å². The normalized spacial score (nSPS) is 11.2. The number of aromatic nitrogens is 1. The van der Waals surface area contributed by atoms with Crippen LogP contribution in [0.1, 0.15) is 64.1 Å². The summed E-state index contributed by atoms with van der Waals surface area (Å²) < 4.78 is 15.3. The van der Waals surface area contributed by atoms with Crippen molar-refractivity contribution in [1.82, 2.24) is 10.3 Å². The van der Waals surface area contributed by atoms with Crippen LogP contribution in [-0.4, -0.2) is 42.0 Å². The van der Waals surface area contributed by atoms with E-state index >= 15 is 0 Å². The van der Waals surface area contributed by atoms with E-state index < -0.39 is 30.4 Å². The van der Waals surface area contributed by atoms with Crippen molar-refractivity contribution in [2.24, 2.45) is 5.92 Å². The highest BCUT2D eigenvalue weighted by atomic mass is 16.6. The highest BCUT2D eigenvalue weighted by Gasteiger charge is 2.24. The SMILES string of the molecule is CCOC(=O)COC(=O)Nc1c(C)nc(CC(C)C)c(CNC(=O)OC(C)(C)C)c1-c1ccc(C)cc1. The lowest BCUT2D eigenvalue weighted by Gasteiger charge is -2.23. The van der Waals surface area contributed by atoms with E-state index in [4.69, 9.17) is 19.2 Å². The molecule has 1 heterocycles. The third kappa shape index (κ3) is 9.40. The summed E-state index contributed by atoms with van der Waals surface area (Å²) in [5, 5.41) is 5.60. The first-order valence-corrected chi connectivity index (χ1v) is 12.5. The molecule has 0 aliphatic rings. The number of pyridine rings is 1. The first-order valence-electron chi connectivity index (χ1n) is 12.5. The van der Waals surface area contributed by atoms with Crippen molar-refractivity contribution in [3.8, 4) is 11.1 Å². The number of anilines is 1. The molecule has 0 bridgehead atoms. The molecule has 0 saturated carbocycles. The highest BCUT2D eigenvalue weighted by molar-refractivity contribution is 5.94. The van der Waals surface area contributed by atoms with Crippen LogP contribution in [0.25, 0.3) is 11.1 Å². The van der Waals surface area contributed by atoms with Crippen molar-refractivity contribution >= 4 is 23.8 Å². The van der Waals surface area contributed by atoms with Gasteiger partial charge in [-0.15, -0.1) is 0 Å². The van der Waals surface area contributed by atoms with Gasteiger partial charge in [-0.3, -0.25) is 10.3 Å². The van der Waals surface area contributed by atoms with E-state index in [2.05, 4.69) is 24.5 Å². The molecule has 0 aliphatic carbocycles. The summed E-state index contributed by atoms with van der Waals surface area (Å²) in [5.74, 6) is -0.341. The smallest absolute Gasteiger partial charge is 0.412 e. The van der Waals surface area contributed by atoms with Crippen molar-refractivity contribution in [2.75, 3.05) is 18.5 Å². The van der Waals surface area contributed by atoms with E-state index in [9.17, 15) is 14.4 Å². The molecule has 0 spiro atoms. The summed E-state index contributed by atoms with van der Waals surface area (Å²) in [5.41, 5.74) is 4.57. The van der Waals surface area contributed by atoms with Crippen LogP contribution in [0.15, 0.2) is 24.3 Å². The molecule has 1 aromatic carbocycles. The minimum absolute atomic E-state index is 0.139. The lowest BCUT2D eigenvalue weighted by molar-refractivity contribution is -0.146. The Labute approximate surface area is 219 Å². The number of nitrogens with zero attached hydrogens (tertiary/aromatic N) is 1. The van der Waals surface area contributed by atoms with Crippen LogP contribution >= 0.6 is 0 Å². The van der Waals surface area contributed by atoms with Crippen molar-refractivity contribution in [2.45, 2.75) is 74.0 Å². The van der Waals surface area contributed by atoms with Gasteiger partial charge in [0.05, 0.1) is 18.0 Å². The van der Waals surface area contributed by atoms with Gasteiger partial charge in [0.2, 0.25) is 0 Å². The number of nitrogens with one attached hydrogen (secondary N) is 2. The van der Waals surface area contributed by atoms with Crippen LogP contribution in [0.3, 0.4) is 0 Å². The summed E-state index contributed by atoms with van der Waals surface area (Å²) in [6.45, 7) is 14.9. The van der Waals surface area contributed by atoms with Gasteiger partial charge in [-0.05, 0) is 59.4 Å². The Bertz CT molecular complexity index is 1100. The molecule has 0 saturated heterocycles. The predicted octanol–water partition coefficient (Wildman–Crippen LogP) is 5.70. The number of ether oxygens (including phenoxy) is 3. The second-order valence-corrected chi connectivity index (χ2v) is 10.2. The van der Waals surface area contributed by atoms with Crippen LogP contribution in [0.2, 0.25) is 0 Å². The van der Waals surface area contributed by atoms with Gasteiger partial charge in [-0.25, -0.2) is 14.4 Å². The molecule has 1 aromatic heterocycles. The standard InChI is InChI=1S/C28H39N3O6/c1-9-35-23(32)16-36-27(34)31-25-19(5)30-22(14-17(2)3)21(15-29-26(33)37-28(6,7)8)24(25)20-12-10-18(4)11-13-20/h10-13,17H,9,14-16H2,1-8H3,(H,29,33)(H,31,34). The Balaban J connectivity index is 2.56. The summed E-state index contributed by atoms with van der Waals surface area (Å²) in [4.78, 5) is 41.6. The minimum atomic E-state index is -0.811. The molecule has 202 valence electrons. The second-order valence-electron chi connectivity index (χ2n) is 10.2. The molecular formula is C28H39N3O6. The number of esters is 1. The molecule has 0 atom stereocenters. The van der Waals surface area contributed by atoms with Gasteiger partial charge < -0.3 is 19.5 Å². The van der Waals surface area contributed by atoms with Gasteiger partial charge in [0.25, 0.3) is 0 Å². The zero-order chi connectivity index (χ0) is 27.8. The van der Waals surface area contributed by atoms with Gasteiger partial charge >= 0.3 is 18.2 Å². The highest BCUT2D eigenvalue weighted by Crippen LogP contribution is 2.36. The van der Waals surface area contributed by atoms with E-state index in [0.29, 0.717) is 29.3 Å².